The number of benzene rings is 2. The van der Waals surface area contributed by atoms with Gasteiger partial charge >= 0.3 is 0 Å². The summed E-state index contributed by atoms with van der Waals surface area (Å²) in [6.07, 6.45) is 0. The van der Waals surface area contributed by atoms with Gasteiger partial charge in [-0.3, -0.25) is 9.79 Å². The molecule has 0 aliphatic carbocycles. The fourth-order valence-corrected chi connectivity index (χ4v) is 2.00. The summed E-state index contributed by atoms with van der Waals surface area (Å²) in [5.41, 5.74) is 1.78. The molecule has 0 spiro atoms. The van der Waals surface area contributed by atoms with Gasteiger partial charge in [0.15, 0.2) is 5.71 Å². The maximum atomic E-state index is 12.2. The van der Waals surface area contributed by atoms with Crippen molar-refractivity contribution >= 4 is 34.6 Å². The Balaban J connectivity index is 2.05. The largest absolute Gasteiger partial charge is 0.410 e. The molecular formula is C17H16ClN3O2. The number of aliphatic imine (C=N–C) groups is 1. The topological polar surface area (TPSA) is 74.0 Å². The molecule has 23 heavy (non-hydrogen) atoms. The molecule has 0 heterocycles. The molecule has 0 saturated heterocycles. The molecule has 6 heteroatoms. The summed E-state index contributed by atoms with van der Waals surface area (Å²) >= 11 is 5.79. The molecule has 0 aromatic heterocycles. The molecule has 0 saturated carbocycles. The summed E-state index contributed by atoms with van der Waals surface area (Å²) in [4.78, 5) is 16.5. The number of hydrogen-bond acceptors (Lipinski definition) is 4. The van der Waals surface area contributed by atoms with Gasteiger partial charge in [-0.2, -0.15) is 0 Å². The zero-order valence-electron chi connectivity index (χ0n) is 12.5. The van der Waals surface area contributed by atoms with Crippen LogP contribution in [-0.2, 0) is 11.3 Å². The van der Waals surface area contributed by atoms with E-state index >= 15 is 0 Å². The van der Waals surface area contributed by atoms with E-state index in [1.165, 1.54) is 0 Å². The Hall–Kier alpha value is -2.66. The Kier molecular flexibility index (Phi) is 5.88. The minimum absolute atomic E-state index is 0.129. The highest BCUT2D eigenvalue weighted by molar-refractivity contribution is 6.68. The minimum atomic E-state index is -0.538. The van der Waals surface area contributed by atoms with Gasteiger partial charge < -0.3 is 10.5 Å². The van der Waals surface area contributed by atoms with Gasteiger partial charge in [0.05, 0.1) is 12.3 Å². The second kappa shape index (κ2) is 8.10. The van der Waals surface area contributed by atoms with E-state index in [2.05, 4.69) is 15.5 Å². The van der Waals surface area contributed by atoms with Crippen molar-refractivity contribution in [2.24, 2.45) is 10.1 Å². The number of oxime groups is 1. The number of carbonyl (C=O) groups excluding carboxylic acids is 1. The van der Waals surface area contributed by atoms with Crippen LogP contribution in [-0.4, -0.2) is 22.5 Å². The fraction of sp³-hybridized carbons (Fsp3) is 0.118. The van der Waals surface area contributed by atoms with Gasteiger partial charge in [0.1, 0.15) is 0 Å². The number of anilines is 1. The zero-order chi connectivity index (χ0) is 16.7. The first kappa shape index (κ1) is 16.7. The van der Waals surface area contributed by atoms with Gasteiger partial charge in [-0.05, 0) is 36.8 Å². The van der Waals surface area contributed by atoms with E-state index < -0.39 is 5.91 Å². The summed E-state index contributed by atoms with van der Waals surface area (Å²) in [5, 5.41) is 15.4. The zero-order valence-corrected chi connectivity index (χ0v) is 13.3. The molecule has 0 aliphatic heterocycles. The summed E-state index contributed by atoms with van der Waals surface area (Å²) in [6, 6.07) is 16.2. The van der Waals surface area contributed by atoms with Gasteiger partial charge in [-0.1, -0.05) is 47.1 Å². The third-order valence-electron chi connectivity index (χ3n) is 3.10. The quantitative estimate of drug-likeness (QED) is 0.498. The van der Waals surface area contributed by atoms with Crippen LogP contribution in [0.15, 0.2) is 64.7 Å². The predicted molar refractivity (Wildman–Crippen MR) is 92.6 cm³/mol. The number of rotatable bonds is 5. The first-order valence-corrected chi connectivity index (χ1v) is 7.32. The van der Waals surface area contributed by atoms with Crippen molar-refractivity contribution in [1.29, 1.82) is 0 Å². The second-order valence-electron chi connectivity index (χ2n) is 4.80. The highest BCUT2D eigenvalue weighted by Crippen LogP contribution is 2.13. The Labute approximate surface area is 139 Å². The minimum Gasteiger partial charge on any atom is -0.410 e. The van der Waals surface area contributed by atoms with E-state index in [-0.39, 0.29) is 5.71 Å². The Morgan fingerprint density at radius 3 is 2.39 bits per heavy atom. The van der Waals surface area contributed by atoms with Crippen LogP contribution in [0.1, 0.15) is 12.5 Å². The van der Waals surface area contributed by atoms with Crippen LogP contribution in [0.25, 0.3) is 0 Å². The molecule has 0 fully saturated rings. The molecule has 0 radical (unpaired) electrons. The maximum absolute atomic E-state index is 12.2. The van der Waals surface area contributed by atoms with Gasteiger partial charge in [0, 0.05) is 10.7 Å². The predicted octanol–water partition coefficient (Wildman–Crippen LogP) is 3.77. The van der Waals surface area contributed by atoms with Gasteiger partial charge in [0.25, 0.3) is 5.91 Å². The first-order valence-electron chi connectivity index (χ1n) is 6.94. The van der Waals surface area contributed by atoms with Crippen molar-refractivity contribution in [2.75, 3.05) is 5.32 Å². The molecule has 2 aromatic rings. The number of halogens is 1. The maximum Gasteiger partial charge on any atom is 0.279 e. The van der Waals surface area contributed by atoms with Crippen molar-refractivity contribution in [3.8, 4) is 0 Å². The molecule has 2 N–H and O–H groups in total. The number of carbonyl (C=O) groups is 1. The van der Waals surface area contributed by atoms with E-state index in [9.17, 15) is 4.79 Å². The third-order valence-corrected chi connectivity index (χ3v) is 3.35. The lowest BCUT2D eigenvalue weighted by atomic mass is 10.2. The molecule has 2 rings (SSSR count). The van der Waals surface area contributed by atoms with Gasteiger partial charge in [-0.25, -0.2) is 0 Å². The van der Waals surface area contributed by atoms with Crippen molar-refractivity contribution in [3.05, 3.63) is 65.2 Å². The molecule has 118 valence electrons. The van der Waals surface area contributed by atoms with E-state index in [4.69, 9.17) is 16.8 Å². The summed E-state index contributed by atoms with van der Waals surface area (Å²) in [5.74, 6) is -0.538. The standard InChI is InChI=1S/C17H16ClN3O2/c1-12(19-11-13-5-3-2-4-6-13)16(21-23)17(22)20-15-9-7-14(18)8-10-15/h2-10,23H,11H2,1H3,(H,20,22). The first-order chi connectivity index (χ1) is 11.1. The molecule has 5 nitrogen and oxygen atoms in total. The Morgan fingerprint density at radius 2 is 1.78 bits per heavy atom. The van der Waals surface area contributed by atoms with Gasteiger partial charge in [-0.15, -0.1) is 0 Å². The average molecular weight is 330 g/mol. The van der Waals surface area contributed by atoms with Crippen molar-refractivity contribution in [2.45, 2.75) is 13.5 Å². The van der Waals surface area contributed by atoms with Crippen molar-refractivity contribution in [1.82, 2.24) is 0 Å². The van der Waals surface area contributed by atoms with E-state index in [1.54, 1.807) is 31.2 Å². The molecular weight excluding hydrogens is 314 g/mol. The van der Waals surface area contributed by atoms with Crippen LogP contribution in [0.3, 0.4) is 0 Å². The lowest BCUT2D eigenvalue weighted by Gasteiger charge is -2.07. The van der Waals surface area contributed by atoms with Crippen LogP contribution < -0.4 is 5.32 Å². The molecule has 2 aromatic carbocycles. The number of hydrogen-bond donors (Lipinski definition) is 2. The summed E-state index contributed by atoms with van der Waals surface area (Å²) in [7, 11) is 0. The van der Waals surface area contributed by atoms with E-state index in [0.717, 1.165) is 5.56 Å². The monoisotopic (exact) mass is 329 g/mol. The highest BCUT2D eigenvalue weighted by Gasteiger charge is 2.15. The fourth-order valence-electron chi connectivity index (χ4n) is 1.87. The number of amides is 1. The van der Waals surface area contributed by atoms with E-state index in [1.807, 2.05) is 30.3 Å². The smallest absolute Gasteiger partial charge is 0.279 e. The second-order valence-corrected chi connectivity index (χ2v) is 5.23. The van der Waals surface area contributed by atoms with Crippen LogP contribution in [0.4, 0.5) is 5.69 Å². The average Bonchev–Trinajstić information content (AvgIpc) is 2.57. The van der Waals surface area contributed by atoms with Crippen LogP contribution in [0.5, 0.6) is 0 Å². The van der Waals surface area contributed by atoms with E-state index in [0.29, 0.717) is 23.0 Å². The van der Waals surface area contributed by atoms with Crippen molar-refractivity contribution < 1.29 is 10.0 Å². The van der Waals surface area contributed by atoms with Crippen molar-refractivity contribution in [3.63, 3.8) is 0 Å². The van der Waals surface area contributed by atoms with Crippen LogP contribution in [0.2, 0.25) is 5.02 Å². The third kappa shape index (κ3) is 4.93. The molecule has 0 atom stereocenters. The Bertz CT molecular complexity index is 725. The van der Waals surface area contributed by atoms with Crippen LogP contribution in [0, 0.1) is 0 Å². The molecule has 0 bridgehead atoms. The lowest BCUT2D eigenvalue weighted by Crippen LogP contribution is -2.28. The highest BCUT2D eigenvalue weighted by atomic mass is 35.5. The molecule has 0 unspecified atom stereocenters. The lowest BCUT2D eigenvalue weighted by molar-refractivity contribution is -0.110. The summed E-state index contributed by atoms with van der Waals surface area (Å²) in [6.45, 7) is 2.03. The molecule has 1 amide bonds. The SMILES string of the molecule is CC(=NCc1ccccc1)C(=NO)C(=O)Nc1ccc(Cl)cc1. The Morgan fingerprint density at radius 1 is 1.13 bits per heavy atom. The normalized spacial score (nSPS) is 12.1. The number of nitrogens with one attached hydrogen (secondary N) is 1. The molecule has 0 aliphatic rings. The number of nitrogens with zero attached hydrogens (tertiary/aromatic N) is 2. The van der Waals surface area contributed by atoms with Crippen LogP contribution >= 0.6 is 11.6 Å². The summed E-state index contributed by atoms with van der Waals surface area (Å²) < 4.78 is 0. The van der Waals surface area contributed by atoms with Gasteiger partial charge in [0.2, 0.25) is 0 Å².